The molecule has 4 heterocycles. The second-order valence-corrected chi connectivity index (χ2v) is 14.0. The molecule has 0 unspecified atom stereocenters. The molecule has 0 aliphatic carbocycles. The number of nitrogens with one attached hydrogen (secondary N) is 1. The topological polar surface area (TPSA) is 93.4 Å². The lowest BCUT2D eigenvalue weighted by Gasteiger charge is -2.29. The molecule has 40 heavy (non-hydrogen) atoms. The number of hydrogen-bond donors (Lipinski definition) is 1. The minimum absolute atomic E-state index is 0.333. The maximum atomic E-state index is 12.3. The first-order chi connectivity index (χ1) is 19.4. The third kappa shape index (κ3) is 6.20. The van der Waals surface area contributed by atoms with Crippen LogP contribution in [0.3, 0.4) is 0 Å². The van der Waals surface area contributed by atoms with Crippen molar-refractivity contribution in [2.75, 3.05) is 37.4 Å². The van der Waals surface area contributed by atoms with Gasteiger partial charge in [-0.15, -0.1) is 0 Å². The number of halogens is 1. The van der Waals surface area contributed by atoms with Crippen molar-refractivity contribution in [3.8, 4) is 17.1 Å². The molecule has 8 nitrogen and oxygen atoms in total. The third-order valence-corrected chi connectivity index (χ3v) is 9.62. The molecule has 0 bridgehead atoms. The first kappa shape index (κ1) is 26.5. The summed E-state index contributed by atoms with van der Waals surface area (Å²) in [6, 6.07) is 21.2. The Morgan fingerprint density at radius 1 is 1.02 bits per heavy atom. The van der Waals surface area contributed by atoms with Crippen LogP contribution in [0.1, 0.15) is 11.5 Å². The number of furan rings is 1. The van der Waals surface area contributed by atoms with E-state index in [-0.39, 0.29) is 0 Å². The highest BCUT2D eigenvalue weighted by molar-refractivity contribution is 7.63. The van der Waals surface area contributed by atoms with Gasteiger partial charge < -0.3 is 19.0 Å². The van der Waals surface area contributed by atoms with E-state index in [1.54, 1.807) is 6.20 Å². The summed E-state index contributed by atoms with van der Waals surface area (Å²) in [5.41, 5.74) is 3.35. The van der Waals surface area contributed by atoms with Gasteiger partial charge in [0.05, 0.1) is 29.9 Å². The van der Waals surface area contributed by atoms with E-state index in [9.17, 15) is 4.57 Å². The number of anilines is 2. The number of rotatable bonds is 8. The first-order valence-electron chi connectivity index (χ1n) is 13.1. The smallest absolute Gasteiger partial charge is 0.141 e. The number of nitrogens with zero attached hydrogens (tertiary/aromatic N) is 4. The Morgan fingerprint density at radius 2 is 1.90 bits per heavy atom. The quantitative estimate of drug-likeness (QED) is 0.197. The predicted octanol–water partition coefficient (Wildman–Crippen LogP) is 7.07. The molecule has 1 saturated heterocycles. The van der Waals surface area contributed by atoms with Crippen LogP contribution >= 0.6 is 18.7 Å². The second-order valence-electron chi connectivity index (χ2n) is 10.1. The Balaban J connectivity index is 1.18. The molecule has 0 radical (unpaired) electrons. The van der Waals surface area contributed by atoms with Crippen molar-refractivity contribution >= 4 is 41.2 Å². The van der Waals surface area contributed by atoms with Crippen molar-refractivity contribution in [3.05, 3.63) is 95.7 Å². The second kappa shape index (κ2) is 11.4. The molecular formula is C30H29ClN5O3P. The summed E-state index contributed by atoms with van der Waals surface area (Å²) in [5.74, 6) is 2.91. The molecule has 5 aromatic rings. The summed E-state index contributed by atoms with van der Waals surface area (Å²) in [6.45, 7) is 4.64. The van der Waals surface area contributed by atoms with E-state index in [4.69, 9.17) is 20.8 Å². The summed E-state index contributed by atoms with van der Waals surface area (Å²) in [5, 5.41) is 4.72. The lowest BCUT2D eigenvalue weighted by atomic mass is 10.1. The number of aromatic nitrogens is 3. The van der Waals surface area contributed by atoms with E-state index < -0.39 is 7.14 Å². The molecule has 1 aliphatic rings. The summed E-state index contributed by atoms with van der Waals surface area (Å²) in [6.07, 6.45) is 4.81. The van der Waals surface area contributed by atoms with Crippen molar-refractivity contribution in [1.82, 2.24) is 19.9 Å². The van der Waals surface area contributed by atoms with E-state index in [0.29, 0.717) is 29.7 Å². The third-order valence-electron chi connectivity index (χ3n) is 7.04. The molecule has 2 aromatic carbocycles. The van der Waals surface area contributed by atoms with Crippen LogP contribution in [0.5, 0.6) is 5.75 Å². The van der Waals surface area contributed by atoms with E-state index in [0.717, 1.165) is 64.8 Å². The zero-order valence-electron chi connectivity index (χ0n) is 22.1. The van der Waals surface area contributed by atoms with Gasteiger partial charge in [0, 0.05) is 48.2 Å². The maximum Gasteiger partial charge on any atom is 0.141 e. The minimum Gasteiger partial charge on any atom is -0.486 e. The molecule has 0 saturated carbocycles. The fourth-order valence-corrected chi connectivity index (χ4v) is 6.57. The lowest BCUT2D eigenvalue weighted by Crippen LogP contribution is -2.33. The molecule has 0 spiro atoms. The van der Waals surface area contributed by atoms with Crippen molar-refractivity contribution in [2.24, 2.45) is 0 Å². The highest BCUT2D eigenvalue weighted by Gasteiger charge is 2.24. The highest BCUT2D eigenvalue weighted by atomic mass is 35.5. The Kier molecular flexibility index (Phi) is 7.57. The number of hydrogen-bond acceptors (Lipinski definition) is 8. The Morgan fingerprint density at radius 3 is 2.70 bits per heavy atom. The largest absolute Gasteiger partial charge is 0.486 e. The predicted molar refractivity (Wildman–Crippen MR) is 159 cm³/mol. The van der Waals surface area contributed by atoms with Gasteiger partial charge >= 0.3 is 0 Å². The van der Waals surface area contributed by atoms with Crippen LogP contribution in [0.4, 0.5) is 11.5 Å². The molecule has 0 amide bonds. The number of fused-ring (bicyclic) bond motifs is 1. The fourth-order valence-electron chi connectivity index (χ4n) is 4.70. The summed E-state index contributed by atoms with van der Waals surface area (Å²) < 4.78 is 24.4. The molecular weight excluding hydrogens is 545 g/mol. The Hall–Kier alpha value is -3.71. The molecule has 204 valence electrons. The minimum atomic E-state index is -1.95. The van der Waals surface area contributed by atoms with Crippen molar-refractivity contribution in [1.29, 1.82) is 0 Å². The van der Waals surface area contributed by atoms with E-state index in [1.807, 2.05) is 73.4 Å². The first-order valence-corrected chi connectivity index (χ1v) is 16.0. The molecule has 1 N–H and O–H groups in total. The summed E-state index contributed by atoms with van der Waals surface area (Å²) in [4.78, 5) is 15.5. The monoisotopic (exact) mass is 573 g/mol. The van der Waals surface area contributed by atoms with Gasteiger partial charge in [0.15, 0.2) is 0 Å². The fraction of sp³-hybridized carbons (Fsp3) is 0.233. The van der Waals surface area contributed by atoms with Crippen LogP contribution in [-0.2, 0) is 17.7 Å². The Labute approximate surface area is 237 Å². The highest BCUT2D eigenvalue weighted by Crippen LogP contribution is 2.43. The zero-order valence-corrected chi connectivity index (χ0v) is 23.7. The van der Waals surface area contributed by atoms with Crippen LogP contribution in [0.25, 0.3) is 22.2 Å². The van der Waals surface area contributed by atoms with Crippen molar-refractivity contribution < 1.29 is 13.7 Å². The van der Waals surface area contributed by atoms with Gasteiger partial charge in [-0.05, 0) is 67.3 Å². The van der Waals surface area contributed by atoms with Crippen LogP contribution in [-0.4, -0.2) is 51.9 Å². The van der Waals surface area contributed by atoms with E-state index in [1.165, 1.54) is 6.33 Å². The SMILES string of the molecule is CP1(=O)CCN(Cc2ccc(-c3ccc4ncnc(Nc5ccc(OCc6ccccn6)c(Cl)c5)c4c3)o2)CC1. The van der Waals surface area contributed by atoms with Gasteiger partial charge in [0.2, 0.25) is 0 Å². The number of ether oxygens (including phenoxy) is 1. The number of benzene rings is 2. The maximum absolute atomic E-state index is 12.3. The summed E-state index contributed by atoms with van der Waals surface area (Å²) >= 11 is 6.52. The molecule has 0 atom stereocenters. The average molecular weight is 574 g/mol. The molecule has 1 fully saturated rings. The molecule has 6 rings (SSSR count). The van der Waals surface area contributed by atoms with Gasteiger partial charge in [0.25, 0.3) is 0 Å². The average Bonchev–Trinajstić information content (AvgIpc) is 3.43. The van der Waals surface area contributed by atoms with Crippen LogP contribution in [0, 0.1) is 0 Å². The van der Waals surface area contributed by atoms with Crippen LogP contribution in [0.2, 0.25) is 5.02 Å². The number of pyridine rings is 1. The van der Waals surface area contributed by atoms with Gasteiger partial charge in [-0.1, -0.05) is 17.7 Å². The van der Waals surface area contributed by atoms with Crippen molar-refractivity contribution in [3.63, 3.8) is 0 Å². The molecule has 1 aliphatic heterocycles. The van der Waals surface area contributed by atoms with Gasteiger partial charge in [-0.2, -0.15) is 0 Å². The summed E-state index contributed by atoms with van der Waals surface area (Å²) in [7, 11) is -1.95. The van der Waals surface area contributed by atoms with Crippen LogP contribution < -0.4 is 10.1 Å². The molecule has 3 aromatic heterocycles. The van der Waals surface area contributed by atoms with Crippen molar-refractivity contribution in [2.45, 2.75) is 13.2 Å². The normalized spacial score (nSPS) is 15.2. The van der Waals surface area contributed by atoms with Gasteiger partial charge in [0.1, 0.15) is 36.0 Å². The van der Waals surface area contributed by atoms with E-state index in [2.05, 4.69) is 25.2 Å². The Bertz CT molecular complexity index is 1680. The van der Waals surface area contributed by atoms with E-state index >= 15 is 0 Å². The lowest BCUT2D eigenvalue weighted by molar-refractivity contribution is 0.263. The van der Waals surface area contributed by atoms with Gasteiger partial charge in [-0.3, -0.25) is 9.88 Å². The standard InChI is InChI=1S/C30H29ClN5O3P/c1-40(37)14-12-36(13-15-40)18-24-7-10-28(39-24)21-5-8-27-25(16-21)30(34-20-33-27)35-22-6-9-29(26(31)17-22)38-19-23-4-2-3-11-32-23/h2-11,16-17,20H,12-15,18-19H2,1H3,(H,33,34,35). The van der Waals surface area contributed by atoms with Gasteiger partial charge in [-0.25, -0.2) is 9.97 Å². The molecule has 10 heteroatoms. The van der Waals surface area contributed by atoms with Crippen LogP contribution in [0.15, 0.2) is 83.7 Å². The zero-order chi connectivity index (χ0) is 27.5.